The first-order valence-electron chi connectivity index (χ1n) is 7.69. The molecule has 1 aliphatic carbocycles. The number of aromatic amines is 1. The Balaban J connectivity index is 1.65. The fourth-order valence-corrected chi connectivity index (χ4v) is 3.32. The van der Waals surface area contributed by atoms with Gasteiger partial charge in [-0.3, -0.25) is 9.59 Å². The van der Waals surface area contributed by atoms with E-state index in [-0.39, 0.29) is 17.0 Å². The number of fused-ring (bicyclic) bond motifs is 2. The highest BCUT2D eigenvalue weighted by Gasteiger charge is 2.26. The summed E-state index contributed by atoms with van der Waals surface area (Å²) in [5.41, 5.74) is 3.91. The molecule has 0 saturated carbocycles. The molecule has 6 heteroatoms. The quantitative estimate of drug-likeness (QED) is 0.864. The maximum atomic E-state index is 12.7. The summed E-state index contributed by atoms with van der Waals surface area (Å²) in [7, 11) is 0. The smallest absolute Gasteiger partial charge is 0.261 e. The van der Waals surface area contributed by atoms with E-state index in [1.807, 2.05) is 0 Å². The number of hydrogen-bond donors (Lipinski definition) is 1. The van der Waals surface area contributed by atoms with E-state index in [0.717, 1.165) is 48.2 Å². The molecule has 1 aliphatic heterocycles. The van der Waals surface area contributed by atoms with Crippen LogP contribution in [0.15, 0.2) is 21.6 Å². The Morgan fingerprint density at radius 3 is 3.00 bits per heavy atom. The van der Waals surface area contributed by atoms with Crippen molar-refractivity contribution in [2.75, 3.05) is 6.54 Å². The third-order valence-corrected chi connectivity index (χ3v) is 4.56. The number of nitrogens with one attached hydrogen (secondary N) is 1. The van der Waals surface area contributed by atoms with Crippen molar-refractivity contribution in [1.29, 1.82) is 0 Å². The minimum Gasteiger partial charge on any atom is -0.364 e. The zero-order chi connectivity index (χ0) is 15.1. The molecule has 1 amide bonds. The number of carbonyl (C=O) groups is 1. The summed E-state index contributed by atoms with van der Waals surface area (Å²) < 4.78 is 4.94. The number of aryl methyl sites for hydroxylation is 2. The highest BCUT2D eigenvalue weighted by Crippen LogP contribution is 2.21. The van der Waals surface area contributed by atoms with Crippen LogP contribution in [0.1, 0.15) is 45.7 Å². The lowest BCUT2D eigenvalue weighted by Gasteiger charge is -2.26. The summed E-state index contributed by atoms with van der Waals surface area (Å²) in [5.74, 6) is -0.207. The van der Waals surface area contributed by atoms with E-state index in [9.17, 15) is 9.59 Å². The van der Waals surface area contributed by atoms with Gasteiger partial charge in [-0.15, -0.1) is 0 Å². The van der Waals surface area contributed by atoms with Crippen LogP contribution in [0, 0.1) is 0 Å². The molecule has 1 N–H and O–H groups in total. The van der Waals surface area contributed by atoms with Crippen molar-refractivity contribution in [3.8, 4) is 0 Å². The number of rotatable bonds is 1. The number of amides is 1. The van der Waals surface area contributed by atoms with E-state index in [0.29, 0.717) is 19.5 Å². The molecule has 2 aromatic rings. The van der Waals surface area contributed by atoms with Gasteiger partial charge in [-0.05, 0) is 37.3 Å². The number of H-pyrrole nitrogens is 1. The lowest BCUT2D eigenvalue weighted by molar-refractivity contribution is 0.0732. The SMILES string of the molecule is O=C(c1cc2c([nH]c1=O)CCCC2)N1CCc2nocc2C1. The normalized spacial score (nSPS) is 17.0. The van der Waals surface area contributed by atoms with Crippen LogP contribution in [0.2, 0.25) is 0 Å². The van der Waals surface area contributed by atoms with Gasteiger partial charge in [0.1, 0.15) is 11.8 Å². The van der Waals surface area contributed by atoms with E-state index >= 15 is 0 Å². The topological polar surface area (TPSA) is 79.2 Å². The van der Waals surface area contributed by atoms with Crippen LogP contribution in [0.3, 0.4) is 0 Å². The van der Waals surface area contributed by atoms with E-state index in [1.165, 1.54) is 0 Å². The van der Waals surface area contributed by atoms with Gasteiger partial charge in [-0.1, -0.05) is 5.16 Å². The van der Waals surface area contributed by atoms with Crippen molar-refractivity contribution < 1.29 is 9.32 Å². The number of pyridine rings is 1. The van der Waals surface area contributed by atoms with Crippen molar-refractivity contribution in [2.24, 2.45) is 0 Å². The Hall–Kier alpha value is -2.37. The largest absolute Gasteiger partial charge is 0.364 e. The molecule has 22 heavy (non-hydrogen) atoms. The van der Waals surface area contributed by atoms with E-state index in [1.54, 1.807) is 17.2 Å². The molecule has 3 heterocycles. The van der Waals surface area contributed by atoms with Crippen molar-refractivity contribution in [2.45, 2.75) is 38.6 Å². The maximum absolute atomic E-state index is 12.7. The van der Waals surface area contributed by atoms with Crippen LogP contribution in [0.5, 0.6) is 0 Å². The third kappa shape index (κ3) is 2.15. The van der Waals surface area contributed by atoms with Crippen molar-refractivity contribution in [1.82, 2.24) is 15.0 Å². The molecular formula is C16H17N3O3. The molecule has 4 rings (SSSR count). The van der Waals surface area contributed by atoms with Crippen molar-refractivity contribution in [3.63, 3.8) is 0 Å². The minimum atomic E-state index is -0.276. The van der Waals surface area contributed by atoms with Crippen LogP contribution >= 0.6 is 0 Å². The van der Waals surface area contributed by atoms with Gasteiger partial charge in [-0.25, -0.2) is 0 Å². The zero-order valence-corrected chi connectivity index (χ0v) is 12.2. The first-order valence-corrected chi connectivity index (χ1v) is 7.69. The van der Waals surface area contributed by atoms with Crippen LogP contribution in [0.4, 0.5) is 0 Å². The molecule has 2 aliphatic rings. The average molecular weight is 299 g/mol. The maximum Gasteiger partial charge on any atom is 0.261 e. The number of carbonyl (C=O) groups excluding carboxylic acids is 1. The van der Waals surface area contributed by atoms with Crippen molar-refractivity contribution in [3.05, 3.63) is 50.8 Å². The molecule has 0 atom stereocenters. The van der Waals surface area contributed by atoms with E-state index in [2.05, 4.69) is 10.1 Å². The van der Waals surface area contributed by atoms with Gasteiger partial charge in [0.2, 0.25) is 0 Å². The zero-order valence-electron chi connectivity index (χ0n) is 12.2. The molecule has 0 bridgehead atoms. The molecule has 0 aromatic carbocycles. The minimum absolute atomic E-state index is 0.207. The second kappa shape index (κ2) is 5.12. The summed E-state index contributed by atoms with van der Waals surface area (Å²) >= 11 is 0. The van der Waals surface area contributed by atoms with Gasteiger partial charge in [0.15, 0.2) is 0 Å². The highest BCUT2D eigenvalue weighted by molar-refractivity contribution is 5.94. The first-order chi connectivity index (χ1) is 10.7. The molecule has 0 saturated heterocycles. The van der Waals surface area contributed by atoms with Gasteiger partial charge >= 0.3 is 0 Å². The summed E-state index contributed by atoms with van der Waals surface area (Å²) in [6.07, 6.45) is 6.28. The predicted molar refractivity (Wildman–Crippen MR) is 78.7 cm³/mol. The molecule has 2 aromatic heterocycles. The predicted octanol–water partition coefficient (Wildman–Crippen LogP) is 1.44. The highest BCUT2D eigenvalue weighted by atomic mass is 16.5. The fraction of sp³-hybridized carbons (Fsp3) is 0.438. The van der Waals surface area contributed by atoms with E-state index in [4.69, 9.17) is 4.52 Å². The van der Waals surface area contributed by atoms with Crippen LogP contribution in [-0.2, 0) is 25.8 Å². The van der Waals surface area contributed by atoms with Gasteiger partial charge in [0.25, 0.3) is 11.5 Å². The third-order valence-electron chi connectivity index (χ3n) is 4.56. The second-order valence-corrected chi connectivity index (χ2v) is 5.99. The van der Waals surface area contributed by atoms with Gasteiger partial charge in [0, 0.05) is 24.2 Å². The van der Waals surface area contributed by atoms with Gasteiger partial charge in [0.05, 0.1) is 12.2 Å². The summed E-state index contributed by atoms with van der Waals surface area (Å²) in [6.45, 7) is 1.02. The summed E-state index contributed by atoms with van der Waals surface area (Å²) in [6, 6.07) is 1.79. The number of nitrogens with zero attached hydrogens (tertiary/aromatic N) is 2. The van der Waals surface area contributed by atoms with Gasteiger partial charge in [-0.2, -0.15) is 0 Å². The monoisotopic (exact) mass is 299 g/mol. The summed E-state index contributed by atoms with van der Waals surface area (Å²) in [5, 5.41) is 3.92. The molecule has 0 radical (unpaired) electrons. The average Bonchev–Trinajstić information content (AvgIpc) is 3.01. The Kier molecular flexibility index (Phi) is 3.10. The Morgan fingerprint density at radius 2 is 2.09 bits per heavy atom. The fourth-order valence-electron chi connectivity index (χ4n) is 3.32. The molecule has 6 nitrogen and oxygen atoms in total. The standard InChI is InChI=1S/C16H17N3O3/c20-15-12(7-10-3-1-2-4-13(10)17-15)16(21)19-6-5-14-11(8-19)9-22-18-14/h7,9H,1-6,8H2,(H,17,20). The van der Waals surface area contributed by atoms with Crippen LogP contribution < -0.4 is 5.56 Å². The van der Waals surface area contributed by atoms with Crippen molar-refractivity contribution >= 4 is 5.91 Å². The second-order valence-electron chi connectivity index (χ2n) is 5.99. The molecule has 0 spiro atoms. The van der Waals surface area contributed by atoms with E-state index < -0.39 is 0 Å². The lowest BCUT2D eigenvalue weighted by Crippen LogP contribution is -2.38. The first kappa shape index (κ1) is 13.3. The number of hydrogen-bond acceptors (Lipinski definition) is 4. The molecule has 0 unspecified atom stereocenters. The molecule has 0 fully saturated rings. The number of aromatic nitrogens is 2. The van der Waals surface area contributed by atoms with Crippen LogP contribution in [-0.4, -0.2) is 27.5 Å². The lowest BCUT2D eigenvalue weighted by atomic mass is 9.94. The molecular weight excluding hydrogens is 282 g/mol. The Bertz CT molecular complexity index is 790. The van der Waals surface area contributed by atoms with Crippen LogP contribution in [0.25, 0.3) is 0 Å². The molecule has 114 valence electrons. The Labute approximate surface area is 127 Å². The Morgan fingerprint density at radius 1 is 1.23 bits per heavy atom. The van der Waals surface area contributed by atoms with Gasteiger partial charge < -0.3 is 14.4 Å². The summed E-state index contributed by atoms with van der Waals surface area (Å²) in [4.78, 5) is 29.5.